The molecular formula is C38H64N6O8S3. The third-order valence-electron chi connectivity index (χ3n) is 8.60. The molecule has 1 aromatic rings. The molecule has 3 N–H and O–H groups in total. The molecule has 1 aliphatic rings. The quantitative estimate of drug-likeness (QED) is 0.0829. The average molecular weight is 829 g/mol. The molecule has 2 rings (SSSR count). The van der Waals surface area contributed by atoms with Gasteiger partial charge in [-0.05, 0) is 73.1 Å². The molecule has 0 bridgehead atoms. The van der Waals surface area contributed by atoms with Gasteiger partial charge in [0.15, 0.2) is 0 Å². The first-order chi connectivity index (χ1) is 25.7. The number of thiol groups is 2. The first kappa shape index (κ1) is 47.7. The molecule has 55 heavy (non-hydrogen) atoms. The van der Waals surface area contributed by atoms with Crippen LogP contribution in [0.1, 0.15) is 72.8 Å². The van der Waals surface area contributed by atoms with Crippen LogP contribution in [0.25, 0.3) is 0 Å². The number of nitrogens with one attached hydrogen (secondary N) is 3. The van der Waals surface area contributed by atoms with Gasteiger partial charge in [0.1, 0.15) is 18.7 Å². The zero-order valence-electron chi connectivity index (χ0n) is 34.2. The maximum absolute atomic E-state index is 13.3. The van der Waals surface area contributed by atoms with E-state index in [1.165, 1.54) is 16.7 Å². The van der Waals surface area contributed by atoms with Crippen molar-refractivity contribution in [2.24, 2.45) is 11.3 Å². The van der Waals surface area contributed by atoms with E-state index in [1.54, 1.807) is 54.8 Å². The Labute approximate surface area is 337 Å². The van der Waals surface area contributed by atoms with Gasteiger partial charge in [0.05, 0.1) is 25.8 Å². The number of hydrogen-bond donors (Lipinski definition) is 5. The van der Waals surface area contributed by atoms with Crippen LogP contribution >= 0.6 is 33.6 Å². The zero-order valence-corrected chi connectivity index (χ0v) is 36.8. The molecule has 312 valence electrons. The molecule has 0 aromatic heterocycles. The molecular weight excluding hydrogens is 765 g/mol. The summed E-state index contributed by atoms with van der Waals surface area (Å²) < 4.78 is 5.25. The number of nitrogens with zero attached hydrogens (tertiary/aromatic N) is 3. The predicted molar refractivity (Wildman–Crippen MR) is 227 cm³/mol. The van der Waals surface area contributed by atoms with Gasteiger partial charge >= 0.3 is 5.30 Å². The first-order valence-corrected chi connectivity index (χ1v) is 24.4. The molecule has 0 radical (unpaired) electrons. The Balaban J connectivity index is 1.87. The second-order valence-corrected chi connectivity index (χ2v) is 21.7. The topological polar surface area (TPSA) is 175 Å². The minimum Gasteiger partial charge on any atom is -0.454 e. The van der Waals surface area contributed by atoms with Crippen molar-refractivity contribution in [1.29, 1.82) is 0 Å². The predicted octanol–water partition coefficient (Wildman–Crippen LogP) is 4.14. The van der Waals surface area contributed by atoms with Crippen LogP contribution in [0.5, 0.6) is 0 Å². The molecule has 1 heterocycles. The van der Waals surface area contributed by atoms with E-state index in [0.29, 0.717) is 30.7 Å². The summed E-state index contributed by atoms with van der Waals surface area (Å²) in [7, 11) is -1.09. The summed E-state index contributed by atoms with van der Waals surface area (Å²) in [4.78, 5) is 94.8. The normalized spacial score (nSPS) is 14.8. The summed E-state index contributed by atoms with van der Waals surface area (Å²) in [5.41, 5.74) is 1.25. The smallest absolute Gasteiger partial charge is 0.346 e. The van der Waals surface area contributed by atoms with Gasteiger partial charge in [-0.25, -0.2) is 4.79 Å². The van der Waals surface area contributed by atoms with Crippen LogP contribution < -0.4 is 16.0 Å². The summed E-state index contributed by atoms with van der Waals surface area (Å²) >= 11 is 1.24. The van der Waals surface area contributed by atoms with Crippen molar-refractivity contribution in [3.8, 4) is 0 Å². The van der Waals surface area contributed by atoms with E-state index in [1.807, 2.05) is 12.5 Å². The lowest BCUT2D eigenvalue weighted by atomic mass is 9.90. The van der Waals surface area contributed by atoms with Crippen LogP contribution in [0.15, 0.2) is 24.3 Å². The molecule has 6 amide bonds. The molecule has 17 heteroatoms. The lowest BCUT2D eigenvalue weighted by Gasteiger charge is -2.42. The third-order valence-corrected chi connectivity index (χ3v) is 11.5. The van der Waals surface area contributed by atoms with Crippen LogP contribution in [-0.4, -0.2) is 130 Å². The number of carbonyl (C=O) groups is 7. The minimum atomic E-state index is -0.901. The second-order valence-electron chi connectivity index (χ2n) is 15.8. The molecule has 0 aliphatic carbocycles. The summed E-state index contributed by atoms with van der Waals surface area (Å²) in [6.45, 7) is 11.8. The maximum atomic E-state index is 13.3. The van der Waals surface area contributed by atoms with Gasteiger partial charge in [-0.3, -0.25) is 39.7 Å². The molecule has 1 aromatic carbocycles. The van der Waals surface area contributed by atoms with Crippen molar-refractivity contribution in [1.82, 2.24) is 25.3 Å². The highest BCUT2D eigenvalue weighted by Gasteiger charge is 2.32. The fraction of sp³-hybridized carbons (Fsp3) is 0.658. The van der Waals surface area contributed by atoms with Crippen molar-refractivity contribution < 1.29 is 38.3 Å². The van der Waals surface area contributed by atoms with Gasteiger partial charge in [-0.2, -0.15) is 22.7 Å². The fourth-order valence-electron chi connectivity index (χ4n) is 5.15. The van der Waals surface area contributed by atoms with Gasteiger partial charge in [0.25, 0.3) is 0 Å². The molecule has 0 unspecified atom stereocenters. The average Bonchev–Trinajstić information content (AvgIpc) is 3.12. The molecule has 1 fully saturated rings. The Bertz CT molecular complexity index is 1490. The number of benzene rings is 1. The Morgan fingerprint density at radius 3 is 1.84 bits per heavy atom. The summed E-state index contributed by atoms with van der Waals surface area (Å²) in [6, 6.07) is 5.05. The van der Waals surface area contributed by atoms with Crippen LogP contribution in [0, 0.1) is 11.3 Å². The lowest BCUT2D eigenvalue weighted by molar-refractivity contribution is -0.158. The Hall–Kier alpha value is -3.44. The molecule has 2 atom stereocenters. The van der Waals surface area contributed by atoms with Gasteiger partial charge in [-0.1, -0.05) is 46.8 Å². The minimum absolute atomic E-state index is 0.00638. The summed E-state index contributed by atoms with van der Waals surface area (Å²) in [6.07, 6.45) is 9.34. The standard InChI is InChI=1S/C38H64N6O8S3/c1-26(2)34(36(50)39-27(3)35(49)40-29-13-11-28(12-14-29)21-52-37(51)55(9)10)41-30(45)22-53-19-16-32(47)43-23-42(31(46)15-18-38(4,5)6)24-44(25-43)33(48)17-20-54(7)8/h11-14,26-27,34,54-55H,15-25H2,1-10H3,(H,39,50)(H,40,49)(H,41,45)/t27-,34-/m0/s1. The van der Waals surface area contributed by atoms with Crippen LogP contribution in [0.3, 0.4) is 0 Å². The number of thioether (sulfide) groups is 1. The van der Waals surface area contributed by atoms with Crippen molar-refractivity contribution in [3.05, 3.63) is 29.8 Å². The number of amides is 6. The van der Waals surface area contributed by atoms with E-state index >= 15 is 0 Å². The van der Waals surface area contributed by atoms with Gasteiger partial charge in [0.2, 0.25) is 35.4 Å². The summed E-state index contributed by atoms with van der Waals surface area (Å²) in [5.74, 6) is -0.903. The van der Waals surface area contributed by atoms with E-state index in [4.69, 9.17) is 4.74 Å². The molecule has 0 saturated carbocycles. The van der Waals surface area contributed by atoms with E-state index in [-0.39, 0.29) is 89.9 Å². The summed E-state index contributed by atoms with van der Waals surface area (Å²) in [5, 5.41) is 7.95. The van der Waals surface area contributed by atoms with Crippen molar-refractivity contribution >= 4 is 80.0 Å². The monoisotopic (exact) mass is 828 g/mol. The van der Waals surface area contributed by atoms with Gasteiger partial charge in [-0.15, -0.1) is 0 Å². The van der Waals surface area contributed by atoms with Crippen LogP contribution in [0.2, 0.25) is 0 Å². The van der Waals surface area contributed by atoms with Crippen LogP contribution in [0.4, 0.5) is 10.5 Å². The Morgan fingerprint density at radius 2 is 1.33 bits per heavy atom. The van der Waals surface area contributed by atoms with E-state index < -0.39 is 34.8 Å². The maximum Gasteiger partial charge on any atom is 0.346 e. The Kier molecular flexibility index (Phi) is 19.9. The zero-order chi connectivity index (χ0) is 41.5. The van der Waals surface area contributed by atoms with Crippen molar-refractivity contribution in [3.63, 3.8) is 0 Å². The molecule has 1 aliphatic heterocycles. The highest BCUT2D eigenvalue weighted by molar-refractivity contribution is 8.28. The van der Waals surface area contributed by atoms with E-state index in [0.717, 1.165) is 11.3 Å². The first-order valence-electron chi connectivity index (χ1n) is 18.6. The highest BCUT2D eigenvalue weighted by Crippen LogP contribution is 2.23. The van der Waals surface area contributed by atoms with Gasteiger partial charge in [0, 0.05) is 30.7 Å². The number of anilines is 1. The van der Waals surface area contributed by atoms with Crippen LogP contribution in [-0.2, 0) is 40.1 Å². The second kappa shape index (κ2) is 23.0. The number of ether oxygens (including phenoxy) is 1. The highest BCUT2D eigenvalue weighted by atomic mass is 32.2. The molecule has 14 nitrogen and oxygen atoms in total. The number of rotatable bonds is 18. The van der Waals surface area contributed by atoms with E-state index in [2.05, 4.69) is 49.2 Å². The fourth-order valence-corrected chi connectivity index (χ4v) is 6.85. The SMILES string of the molecule is CC(C)[C@H](NC(=O)CSCCC(=O)N1CN(C(=O)CC[SH](C)C)CN(C(=O)CCC(C)(C)C)C1)C(=O)N[C@@H](C)C(=O)Nc1ccc(COC(=O)[SH](C)C)cc1. The van der Waals surface area contributed by atoms with Crippen molar-refractivity contribution in [2.75, 3.05) is 67.6 Å². The largest absolute Gasteiger partial charge is 0.454 e. The third kappa shape index (κ3) is 17.9. The van der Waals surface area contributed by atoms with Crippen molar-refractivity contribution in [2.45, 2.75) is 85.9 Å². The number of hydrogen-bond acceptors (Lipinski definition) is 9. The molecule has 0 spiro atoms. The van der Waals surface area contributed by atoms with Gasteiger partial charge < -0.3 is 35.4 Å². The molecule has 1 saturated heterocycles. The lowest BCUT2D eigenvalue weighted by Crippen LogP contribution is -2.59. The van der Waals surface area contributed by atoms with E-state index in [9.17, 15) is 33.6 Å². The number of carbonyl (C=O) groups excluding carboxylic acids is 7. The Morgan fingerprint density at radius 1 is 0.782 bits per heavy atom.